The van der Waals surface area contributed by atoms with Gasteiger partial charge in [-0.1, -0.05) is 78.9 Å². The first-order valence-corrected chi connectivity index (χ1v) is 19.2. The van der Waals surface area contributed by atoms with Crippen molar-refractivity contribution < 1.29 is 9.59 Å². The molecule has 0 radical (unpaired) electrons. The Labute approximate surface area is 309 Å². The monoisotopic (exact) mass is 711 g/mol. The largest absolute Gasteiger partial charge is 0.343 e. The lowest BCUT2D eigenvalue weighted by Crippen LogP contribution is -2.40. The number of likely N-dealkylation sites (N-methyl/N-ethyl adjacent to an activating group) is 1. The van der Waals surface area contributed by atoms with Crippen molar-refractivity contribution in [3.63, 3.8) is 0 Å². The third kappa shape index (κ3) is 6.45. The molecule has 266 valence electrons. The van der Waals surface area contributed by atoms with Gasteiger partial charge in [0.05, 0.1) is 35.3 Å². The van der Waals surface area contributed by atoms with E-state index >= 15 is 0 Å². The summed E-state index contributed by atoms with van der Waals surface area (Å²) in [6.07, 6.45) is 15.3. The van der Waals surface area contributed by atoms with E-state index in [1.54, 1.807) is 11.3 Å². The standard InChI is InChI=1S/C42H45N7O2S/c1-47(2)38(32-13-7-4-8-14-32)41(51)49-23-10-16-34(49)40-44-27-36(46-40)42(20-17-31(18-21-42)30-11-5-3-6-12-30)35-26-43-39(45-35)33-15-9-22-48(33)37(50)25-29-19-24-52-28-29/h3-8,11-14,17-20,24,26-28,33-34,38H,9-10,15-16,21-23,25H2,1-2H3,(H,43,45)(H,44,46)/t33-,34-,38+,42?/m0/s1. The SMILES string of the molecule is CN(C)[C@@H](C(=O)N1CCC[C@H]1c1ncc(C2(c3cnc([C@@H]4CCCN4C(=O)Cc4ccsc4)[nH]3)C=CC(c3ccccc3)=CC2)[nH]1)c1ccccc1. The van der Waals surface area contributed by atoms with E-state index in [9.17, 15) is 9.59 Å². The van der Waals surface area contributed by atoms with Crippen LogP contribution in [0.15, 0.2) is 108 Å². The van der Waals surface area contributed by atoms with Crippen molar-refractivity contribution in [3.8, 4) is 0 Å². The van der Waals surface area contributed by atoms with Crippen LogP contribution in [0.3, 0.4) is 0 Å². The highest BCUT2D eigenvalue weighted by Gasteiger charge is 2.41. The summed E-state index contributed by atoms with van der Waals surface area (Å²) in [7, 11) is 3.93. The Balaban J connectivity index is 1.11. The zero-order chi connectivity index (χ0) is 35.7. The molecule has 9 nitrogen and oxygen atoms in total. The number of likely N-dealkylation sites (tertiary alicyclic amines) is 2. The lowest BCUT2D eigenvalue weighted by Gasteiger charge is -2.32. The van der Waals surface area contributed by atoms with Crippen LogP contribution < -0.4 is 0 Å². The molecular weight excluding hydrogens is 667 g/mol. The molecule has 4 atom stereocenters. The number of hydrogen-bond acceptors (Lipinski definition) is 6. The summed E-state index contributed by atoms with van der Waals surface area (Å²) in [5.41, 5.74) is 5.68. The van der Waals surface area contributed by atoms with Gasteiger partial charge in [0.1, 0.15) is 17.7 Å². The number of aromatic amines is 2. The number of carbonyl (C=O) groups excluding carboxylic acids is 2. The molecule has 52 heavy (non-hydrogen) atoms. The first-order chi connectivity index (χ1) is 25.4. The van der Waals surface area contributed by atoms with Gasteiger partial charge in [0.2, 0.25) is 11.8 Å². The van der Waals surface area contributed by atoms with Gasteiger partial charge >= 0.3 is 0 Å². The quantitative estimate of drug-likeness (QED) is 0.157. The second-order valence-electron chi connectivity index (χ2n) is 14.4. The molecule has 2 amide bonds. The average Bonchev–Trinajstić information content (AvgIpc) is 4.02. The Bertz CT molecular complexity index is 2070. The molecule has 2 fully saturated rings. The van der Waals surface area contributed by atoms with Gasteiger partial charge in [-0.3, -0.25) is 14.5 Å². The molecule has 2 aliphatic heterocycles. The van der Waals surface area contributed by atoms with Gasteiger partial charge in [0.15, 0.2) is 0 Å². The highest BCUT2D eigenvalue weighted by Crippen LogP contribution is 2.43. The number of thiophene rings is 1. The molecule has 2 N–H and O–H groups in total. The fourth-order valence-corrected chi connectivity index (χ4v) is 8.95. The van der Waals surface area contributed by atoms with Crippen LogP contribution in [0.4, 0.5) is 0 Å². The molecule has 3 aromatic heterocycles. The normalized spacial score (nSPS) is 22.2. The van der Waals surface area contributed by atoms with Gasteiger partial charge in [-0.25, -0.2) is 9.97 Å². The maximum absolute atomic E-state index is 14.2. The topological polar surface area (TPSA) is 101 Å². The maximum atomic E-state index is 14.2. The predicted molar refractivity (Wildman–Crippen MR) is 204 cm³/mol. The van der Waals surface area contributed by atoms with Crippen molar-refractivity contribution >= 4 is 28.7 Å². The minimum absolute atomic E-state index is 0.0900. The van der Waals surface area contributed by atoms with Gasteiger partial charge in [-0.2, -0.15) is 11.3 Å². The predicted octanol–water partition coefficient (Wildman–Crippen LogP) is 7.40. The van der Waals surface area contributed by atoms with Gasteiger partial charge in [-0.15, -0.1) is 0 Å². The Morgan fingerprint density at radius 2 is 1.52 bits per heavy atom. The number of amides is 2. The lowest BCUT2D eigenvalue weighted by atomic mass is 9.74. The molecule has 3 aliphatic rings. The summed E-state index contributed by atoms with van der Waals surface area (Å²) in [6.45, 7) is 1.43. The highest BCUT2D eigenvalue weighted by molar-refractivity contribution is 7.08. The third-order valence-corrected chi connectivity index (χ3v) is 11.7. The summed E-state index contributed by atoms with van der Waals surface area (Å²) in [4.78, 5) is 51.0. The Kier molecular flexibility index (Phi) is 9.51. The lowest BCUT2D eigenvalue weighted by molar-refractivity contribution is -0.137. The van der Waals surface area contributed by atoms with Crippen molar-refractivity contribution in [1.82, 2.24) is 34.6 Å². The number of benzene rings is 2. The number of hydrogen-bond donors (Lipinski definition) is 2. The Morgan fingerprint density at radius 1 is 0.885 bits per heavy atom. The molecule has 0 spiro atoms. The van der Waals surface area contributed by atoms with Crippen LogP contribution in [0.5, 0.6) is 0 Å². The Morgan fingerprint density at radius 3 is 2.12 bits per heavy atom. The highest BCUT2D eigenvalue weighted by atomic mass is 32.1. The third-order valence-electron chi connectivity index (χ3n) is 11.0. The first kappa shape index (κ1) is 34.0. The molecule has 8 rings (SSSR count). The van der Waals surface area contributed by atoms with E-state index < -0.39 is 5.41 Å². The molecule has 1 aliphatic carbocycles. The molecule has 2 saturated heterocycles. The van der Waals surface area contributed by atoms with Crippen LogP contribution in [0.1, 0.15) is 90.0 Å². The molecule has 1 unspecified atom stereocenters. The van der Waals surface area contributed by atoms with Gasteiger partial charge < -0.3 is 19.8 Å². The van der Waals surface area contributed by atoms with Gasteiger partial charge in [0, 0.05) is 25.5 Å². The fraction of sp³-hybridized carbons (Fsp3) is 0.333. The van der Waals surface area contributed by atoms with Crippen molar-refractivity contribution in [2.24, 2.45) is 0 Å². The second-order valence-corrected chi connectivity index (χ2v) is 15.2. The zero-order valence-corrected chi connectivity index (χ0v) is 30.6. The number of allylic oxidation sites excluding steroid dienone is 4. The number of rotatable bonds is 10. The molecular formula is C42H45N7O2S. The molecule has 10 heteroatoms. The zero-order valence-electron chi connectivity index (χ0n) is 29.7. The first-order valence-electron chi connectivity index (χ1n) is 18.3. The number of carbonyl (C=O) groups is 2. The van der Waals surface area contributed by atoms with Gasteiger partial charge in [-0.05, 0) is 85.3 Å². The summed E-state index contributed by atoms with van der Waals surface area (Å²) in [5.74, 6) is 1.85. The maximum Gasteiger partial charge on any atom is 0.245 e. The van der Waals surface area contributed by atoms with E-state index in [1.165, 1.54) is 11.1 Å². The molecule has 5 aromatic rings. The van der Waals surface area contributed by atoms with E-state index in [1.807, 2.05) is 94.4 Å². The summed E-state index contributed by atoms with van der Waals surface area (Å²) >= 11 is 1.62. The average molecular weight is 712 g/mol. The number of nitrogens with zero attached hydrogens (tertiary/aromatic N) is 5. The van der Waals surface area contributed by atoms with E-state index in [0.717, 1.165) is 66.4 Å². The minimum atomic E-state index is -0.595. The van der Waals surface area contributed by atoms with E-state index in [-0.39, 0.29) is 29.9 Å². The molecule has 0 bridgehead atoms. The fourth-order valence-electron chi connectivity index (χ4n) is 8.28. The summed E-state index contributed by atoms with van der Waals surface area (Å²) in [6, 6.07) is 21.9. The molecule has 5 heterocycles. The smallest absolute Gasteiger partial charge is 0.245 e. The van der Waals surface area contributed by atoms with Crippen molar-refractivity contribution in [1.29, 1.82) is 0 Å². The van der Waals surface area contributed by atoms with Crippen LogP contribution in [-0.4, -0.2) is 73.6 Å². The van der Waals surface area contributed by atoms with Crippen LogP contribution in [0, 0.1) is 0 Å². The number of imidazole rings is 2. The van der Waals surface area contributed by atoms with Crippen molar-refractivity contribution in [2.75, 3.05) is 27.2 Å². The minimum Gasteiger partial charge on any atom is -0.343 e. The van der Waals surface area contributed by atoms with Crippen LogP contribution >= 0.6 is 11.3 Å². The Hall–Kier alpha value is -5.06. The van der Waals surface area contributed by atoms with Gasteiger partial charge in [0.25, 0.3) is 0 Å². The van der Waals surface area contributed by atoms with E-state index in [4.69, 9.17) is 9.97 Å². The second kappa shape index (κ2) is 14.5. The van der Waals surface area contributed by atoms with Crippen LogP contribution in [0.25, 0.3) is 5.57 Å². The van der Waals surface area contributed by atoms with E-state index in [0.29, 0.717) is 19.4 Å². The number of H-pyrrole nitrogens is 2. The summed E-state index contributed by atoms with van der Waals surface area (Å²) < 4.78 is 0. The number of aromatic nitrogens is 4. The van der Waals surface area contributed by atoms with Crippen LogP contribution in [0.2, 0.25) is 0 Å². The van der Waals surface area contributed by atoms with E-state index in [2.05, 4.69) is 52.5 Å². The van der Waals surface area contributed by atoms with Crippen LogP contribution in [-0.2, 0) is 21.4 Å². The molecule has 2 aromatic carbocycles. The number of nitrogens with one attached hydrogen (secondary N) is 2. The van der Waals surface area contributed by atoms with Crippen molar-refractivity contribution in [2.45, 2.75) is 62.1 Å². The van der Waals surface area contributed by atoms with Crippen molar-refractivity contribution in [3.05, 3.63) is 148 Å². The summed E-state index contributed by atoms with van der Waals surface area (Å²) in [5, 5.41) is 4.07. The molecule has 0 saturated carbocycles.